The number of hydrogen-bond donors (Lipinski definition) is 1. The quantitative estimate of drug-likeness (QED) is 0.892. The lowest BCUT2D eigenvalue weighted by Gasteiger charge is -2.16. The summed E-state index contributed by atoms with van der Waals surface area (Å²) in [5.74, 6) is 0.317. The minimum absolute atomic E-state index is 0.00946. The number of benzene rings is 1. The highest BCUT2D eigenvalue weighted by atomic mass is 32.1. The summed E-state index contributed by atoms with van der Waals surface area (Å²) in [6.45, 7) is 5.62. The molecular formula is C18H22N4O2S. The Morgan fingerprint density at radius 3 is 2.56 bits per heavy atom. The van der Waals surface area contributed by atoms with Gasteiger partial charge in [-0.25, -0.2) is 9.78 Å². The van der Waals surface area contributed by atoms with Crippen molar-refractivity contribution in [2.24, 2.45) is 0 Å². The lowest BCUT2D eigenvalue weighted by atomic mass is 10.1. The summed E-state index contributed by atoms with van der Waals surface area (Å²) in [7, 11) is 1.80. The number of aromatic nitrogens is 1. The van der Waals surface area contributed by atoms with Gasteiger partial charge in [-0.05, 0) is 23.6 Å². The molecule has 7 heteroatoms. The number of anilines is 2. The Labute approximate surface area is 151 Å². The van der Waals surface area contributed by atoms with Gasteiger partial charge in [0, 0.05) is 36.9 Å². The molecule has 3 rings (SSSR count). The number of amides is 3. The van der Waals surface area contributed by atoms with Crippen LogP contribution in [0.2, 0.25) is 0 Å². The second-order valence-corrected chi connectivity index (χ2v) is 7.53. The Morgan fingerprint density at radius 2 is 2.00 bits per heavy atom. The van der Waals surface area contributed by atoms with Crippen LogP contribution in [0.1, 0.15) is 30.2 Å². The molecule has 0 radical (unpaired) electrons. The first kappa shape index (κ1) is 17.4. The summed E-state index contributed by atoms with van der Waals surface area (Å²) in [5.41, 5.74) is 1.77. The van der Waals surface area contributed by atoms with Gasteiger partial charge in [0.05, 0.1) is 6.42 Å². The third-order valence-electron chi connectivity index (χ3n) is 4.17. The molecule has 3 amide bonds. The lowest BCUT2D eigenvalue weighted by molar-refractivity contribution is -0.115. The molecule has 0 bridgehead atoms. The summed E-state index contributed by atoms with van der Waals surface area (Å²) >= 11 is 1.51. The van der Waals surface area contributed by atoms with E-state index < -0.39 is 0 Å². The fourth-order valence-electron chi connectivity index (χ4n) is 2.64. The maximum Gasteiger partial charge on any atom is 0.324 e. The SMILES string of the molecule is CC(C)c1cnc(NC(=O)Cc2ccc(N3CCN(C)C3=O)cc2)s1. The van der Waals surface area contributed by atoms with E-state index in [1.54, 1.807) is 16.8 Å². The molecule has 1 N–H and O–H groups in total. The van der Waals surface area contributed by atoms with Crippen molar-refractivity contribution in [1.82, 2.24) is 9.88 Å². The van der Waals surface area contributed by atoms with Crippen molar-refractivity contribution in [2.75, 3.05) is 30.4 Å². The fraction of sp³-hybridized carbons (Fsp3) is 0.389. The highest BCUT2D eigenvalue weighted by Gasteiger charge is 2.26. The van der Waals surface area contributed by atoms with Gasteiger partial charge in [0.15, 0.2) is 5.13 Å². The minimum Gasteiger partial charge on any atom is -0.326 e. The molecule has 6 nitrogen and oxygen atoms in total. The monoisotopic (exact) mass is 358 g/mol. The van der Waals surface area contributed by atoms with Gasteiger partial charge in [0.1, 0.15) is 0 Å². The van der Waals surface area contributed by atoms with Crippen molar-refractivity contribution >= 4 is 34.1 Å². The van der Waals surface area contributed by atoms with E-state index in [0.717, 1.165) is 22.7 Å². The van der Waals surface area contributed by atoms with Crippen molar-refractivity contribution in [3.63, 3.8) is 0 Å². The third kappa shape index (κ3) is 3.99. The van der Waals surface area contributed by atoms with Gasteiger partial charge >= 0.3 is 6.03 Å². The van der Waals surface area contributed by atoms with E-state index in [1.807, 2.05) is 30.5 Å². The molecule has 1 saturated heterocycles. The Bertz CT molecular complexity index is 770. The number of carbonyl (C=O) groups is 2. The number of thiazole rings is 1. The first-order chi connectivity index (χ1) is 11.9. The maximum absolute atomic E-state index is 12.2. The summed E-state index contributed by atoms with van der Waals surface area (Å²) < 4.78 is 0. The smallest absolute Gasteiger partial charge is 0.324 e. The average Bonchev–Trinajstić information content (AvgIpc) is 3.16. The van der Waals surface area contributed by atoms with E-state index in [9.17, 15) is 9.59 Å². The van der Waals surface area contributed by atoms with E-state index >= 15 is 0 Å². The number of carbonyl (C=O) groups excluding carboxylic acids is 2. The van der Waals surface area contributed by atoms with Gasteiger partial charge in [-0.15, -0.1) is 11.3 Å². The molecule has 0 aliphatic carbocycles. The highest BCUT2D eigenvalue weighted by Crippen LogP contribution is 2.25. The number of hydrogen-bond acceptors (Lipinski definition) is 4. The Kier molecular flexibility index (Phi) is 5.03. The standard InChI is InChI=1S/C18H22N4O2S/c1-12(2)15-11-19-17(25-15)20-16(23)10-13-4-6-14(7-5-13)22-9-8-21(3)18(22)24/h4-7,11-12H,8-10H2,1-3H3,(H,19,20,23). The Morgan fingerprint density at radius 1 is 1.28 bits per heavy atom. The molecule has 1 aliphatic rings. The topological polar surface area (TPSA) is 65.5 Å². The zero-order chi connectivity index (χ0) is 18.0. The molecule has 132 valence electrons. The van der Waals surface area contributed by atoms with Gasteiger partial charge in [-0.2, -0.15) is 0 Å². The maximum atomic E-state index is 12.2. The van der Waals surface area contributed by atoms with Crippen molar-refractivity contribution in [3.05, 3.63) is 40.9 Å². The first-order valence-electron chi connectivity index (χ1n) is 8.31. The van der Waals surface area contributed by atoms with Gasteiger partial charge in [-0.3, -0.25) is 9.69 Å². The van der Waals surface area contributed by atoms with E-state index in [1.165, 1.54) is 11.3 Å². The molecule has 0 unspecified atom stereocenters. The number of likely N-dealkylation sites (N-methyl/N-ethyl adjacent to an activating group) is 1. The second-order valence-electron chi connectivity index (χ2n) is 6.47. The van der Waals surface area contributed by atoms with E-state index in [4.69, 9.17) is 0 Å². The second kappa shape index (κ2) is 7.23. The predicted octanol–water partition coefficient (Wildman–Crippen LogP) is 3.32. The molecule has 0 spiro atoms. The van der Waals surface area contributed by atoms with Gasteiger partial charge in [-0.1, -0.05) is 26.0 Å². The normalized spacial score (nSPS) is 14.5. The molecule has 0 atom stereocenters. The van der Waals surface area contributed by atoms with Crippen molar-refractivity contribution < 1.29 is 9.59 Å². The highest BCUT2D eigenvalue weighted by molar-refractivity contribution is 7.15. The van der Waals surface area contributed by atoms with Crippen LogP contribution in [0, 0.1) is 0 Å². The molecule has 1 fully saturated rings. The largest absolute Gasteiger partial charge is 0.326 e. The molecule has 0 saturated carbocycles. The van der Waals surface area contributed by atoms with Crippen LogP contribution < -0.4 is 10.2 Å². The average molecular weight is 358 g/mol. The number of nitrogens with zero attached hydrogens (tertiary/aromatic N) is 3. The molecule has 1 aromatic carbocycles. The predicted molar refractivity (Wildman–Crippen MR) is 100 cm³/mol. The van der Waals surface area contributed by atoms with Crippen LogP contribution in [-0.2, 0) is 11.2 Å². The molecule has 1 aliphatic heterocycles. The van der Waals surface area contributed by atoms with Crippen LogP contribution in [0.25, 0.3) is 0 Å². The number of nitrogens with one attached hydrogen (secondary N) is 1. The third-order valence-corrected chi connectivity index (χ3v) is 5.38. The van der Waals surface area contributed by atoms with Crippen LogP contribution in [0.4, 0.5) is 15.6 Å². The molecule has 2 heterocycles. The van der Waals surface area contributed by atoms with Crippen LogP contribution >= 0.6 is 11.3 Å². The van der Waals surface area contributed by atoms with Crippen molar-refractivity contribution in [1.29, 1.82) is 0 Å². The van der Waals surface area contributed by atoms with Crippen LogP contribution in [0.5, 0.6) is 0 Å². The Balaban J connectivity index is 1.59. The van der Waals surface area contributed by atoms with Crippen LogP contribution in [0.3, 0.4) is 0 Å². The number of urea groups is 1. The minimum atomic E-state index is -0.0885. The molecular weight excluding hydrogens is 336 g/mol. The summed E-state index contributed by atoms with van der Waals surface area (Å²) in [4.78, 5) is 33.0. The fourth-order valence-corrected chi connectivity index (χ4v) is 3.48. The van der Waals surface area contributed by atoms with Crippen LogP contribution in [-0.4, -0.2) is 42.0 Å². The van der Waals surface area contributed by atoms with Crippen molar-refractivity contribution in [2.45, 2.75) is 26.2 Å². The first-order valence-corrected chi connectivity index (χ1v) is 9.13. The van der Waals surface area contributed by atoms with Gasteiger partial charge in [0.2, 0.25) is 5.91 Å². The Hall–Kier alpha value is -2.41. The van der Waals surface area contributed by atoms with Crippen molar-refractivity contribution in [3.8, 4) is 0 Å². The molecule has 25 heavy (non-hydrogen) atoms. The van der Waals surface area contributed by atoms with Gasteiger partial charge < -0.3 is 10.2 Å². The van der Waals surface area contributed by atoms with Crippen LogP contribution in [0.15, 0.2) is 30.5 Å². The van der Waals surface area contributed by atoms with E-state index in [0.29, 0.717) is 17.6 Å². The molecule has 1 aromatic heterocycles. The summed E-state index contributed by atoms with van der Waals surface area (Å²) in [6.07, 6.45) is 2.09. The van der Waals surface area contributed by atoms with E-state index in [-0.39, 0.29) is 18.4 Å². The number of rotatable bonds is 5. The zero-order valence-corrected chi connectivity index (χ0v) is 15.5. The van der Waals surface area contributed by atoms with E-state index in [2.05, 4.69) is 24.1 Å². The molecule has 2 aromatic rings. The summed E-state index contributed by atoms with van der Waals surface area (Å²) in [6, 6.07) is 7.57. The van der Waals surface area contributed by atoms with Gasteiger partial charge in [0.25, 0.3) is 0 Å². The zero-order valence-electron chi connectivity index (χ0n) is 14.7. The summed E-state index contributed by atoms with van der Waals surface area (Å²) in [5, 5.41) is 3.48. The lowest BCUT2D eigenvalue weighted by Crippen LogP contribution is -2.29.